The number of aliphatic imine (C=N–C) groups is 1. The molecule has 1 amide bonds. The Labute approximate surface area is 162 Å². The van der Waals surface area contributed by atoms with Crippen LogP contribution in [-0.2, 0) is 13.0 Å². The van der Waals surface area contributed by atoms with Gasteiger partial charge in [-0.25, -0.2) is 0 Å². The van der Waals surface area contributed by atoms with Gasteiger partial charge >= 0.3 is 0 Å². The van der Waals surface area contributed by atoms with Crippen LogP contribution in [0.1, 0.15) is 28.1 Å². The lowest BCUT2D eigenvalue weighted by molar-refractivity contribution is 0.0972. The van der Waals surface area contributed by atoms with E-state index >= 15 is 0 Å². The average molecular weight is 462 g/mol. The van der Waals surface area contributed by atoms with Crippen molar-refractivity contribution >= 4 is 47.2 Å². The van der Waals surface area contributed by atoms with E-state index < -0.39 is 5.91 Å². The number of nitrogens with two attached hydrogens (primary N) is 1. The van der Waals surface area contributed by atoms with Gasteiger partial charge in [-0.15, -0.1) is 35.3 Å². The standard InChI is InChI=1S/C16H22N4O2S.HI/c1-11(8-13-4-3-7-23-13)9-19-16(18-2)20-10-12-5-6-14(22-12)15(17)21;/h3-7,11H,8-10H2,1-2H3,(H2,17,21)(H2,18,19,20);1H. The first-order valence-electron chi connectivity index (χ1n) is 7.44. The van der Waals surface area contributed by atoms with E-state index in [-0.39, 0.29) is 29.7 Å². The van der Waals surface area contributed by atoms with Crippen LogP contribution in [-0.4, -0.2) is 25.5 Å². The Bertz CT molecular complexity index is 655. The second kappa shape index (κ2) is 10.3. The van der Waals surface area contributed by atoms with Crippen LogP contribution in [0, 0.1) is 5.92 Å². The van der Waals surface area contributed by atoms with Gasteiger partial charge in [0.25, 0.3) is 5.91 Å². The number of amides is 1. The lowest BCUT2D eigenvalue weighted by Crippen LogP contribution is -2.39. The minimum atomic E-state index is -0.568. The first-order valence-corrected chi connectivity index (χ1v) is 8.32. The third-order valence-corrected chi connectivity index (χ3v) is 4.20. The van der Waals surface area contributed by atoms with Crippen LogP contribution in [0.4, 0.5) is 0 Å². The van der Waals surface area contributed by atoms with Crippen LogP contribution in [0.25, 0.3) is 0 Å². The smallest absolute Gasteiger partial charge is 0.284 e. The minimum Gasteiger partial charge on any atom is -0.454 e. The molecular formula is C16H23IN4O2S. The van der Waals surface area contributed by atoms with Gasteiger partial charge in [-0.2, -0.15) is 0 Å². The van der Waals surface area contributed by atoms with Gasteiger partial charge in [0.05, 0.1) is 6.54 Å². The minimum absolute atomic E-state index is 0. The molecule has 2 aromatic rings. The molecular weight excluding hydrogens is 439 g/mol. The summed E-state index contributed by atoms with van der Waals surface area (Å²) in [5, 5.41) is 8.54. The Hall–Kier alpha value is -1.55. The van der Waals surface area contributed by atoms with Gasteiger partial charge in [-0.1, -0.05) is 13.0 Å². The highest BCUT2D eigenvalue weighted by Gasteiger charge is 2.09. The van der Waals surface area contributed by atoms with Crippen molar-refractivity contribution in [3.63, 3.8) is 0 Å². The third-order valence-electron chi connectivity index (χ3n) is 3.31. The van der Waals surface area contributed by atoms with E-state index in [2.05, 4.69) is 40.1 Å². The SMILES string of the molecule is CN=C(NCc1ccc(C(N)=O)o1)NCC(C)Cc1cccs1.I. The van der Waals surface area contributed by atoms with Gasteiger partial charge in [-0.3, -0.25) is 9.79 Å². The maximum absolute atomic E-state index is 11.0. The predicted octanol–water partition coefficient (Wildman–Crippen LogP) is 2.60. The average Bonchev–Trinajstić information content (AvgIpc) is 3.18. The summed E-state index contributed by atoms with van der Waals surface area (Å²) < 4.78 is 5.32. The molecule has 8 heteroatoms. The largest absolute Gasteiger partial charge is 0.454 e. The van der Waals surface area contributed by atoms with Crippen molar-refractivity contribution in [2.75, 3.05) is 13.6 Å². The number of nitrogens with zero attached hydrogens (tertiary/aromatic N) is 1. The van der Waals surface area contributed by atoms with Crippen molar-refractivity contribution in [3.8, 4) is 0 Å². The molecule has 0 saturated carbocycles. The topological polar surface area (TPSA) is 92.6 Å². The fraction of sp³-hybridized carbons (Fsp3) is 0.375. The molecule has 2 aromatic heterocycles. The molecule has 0 aliphatic heterocycles. The number of carbonyl (C=O) groups excluding carboxylic acids is 1. The summed E-state index contributed by atoms with van der Waals surface area (Å²) in [7, 11) is 1.72. The monoisotopic (exact) mass is 462 g/mol. The van der Waals surface area contributed by atoms with E-state index in [0.717, 1.165) is 13.0 Å². The van der Waals surface area contributed by atoms with Crippen LogP contribution < -0.4 is 16.4 Å². The normalized spacial score (nSPS) is 12.3. The highest BCUT2D eigenvalue weighted by molar-refractivity contribution is 14.0. The summed E-state index contributed by atoms with van der Waals surface area (Å²) in [6.45, 7) is 3.46. The Kier molecular flexibility index (Phi) is 8.83. The molecule has 2 rings (SSSR count). The zero-order valence-corrected chi connectivity index (χ0v) is 16.9. The summed E-state index contributed by atoms with van der Waals surface area (Å²) >= 11 is 1.78. The molecule has 2 heterocycles. The molecule has 6 nitrogen and oxygen atoms in total. The van der Waals surface area contributed by atoms with Crippen LogP contribution in [0.15, 0.2) is 39.1 Å². The van der Waals surface area contributed by atoms with Crippen LogP contribution in [0.2, 0.25) is 0 Å². The second-order valence-electron chi connectivity index (χ2n) is 5.33. The zero-order chi connectivity index (χ0) is 16.7. The number of carbonyl (C=O) groups is 1. The molecule has 0 saturated heterocycles. The molecule has 0 aliphatic carbocycles. The Morgan fingerprint density at radius 3 is 2.75 bits per heavy atom. The van der Waals surface area contributed by atoms with Gasteiger partial charge in [0.15, 0.2) is 11.7 Å². The number of thiophene rings is 1. The number of hydrogen-bond donors (Lipinski definition) is 3. The summed E-state index contributed by atoms with van der Waals surface area (Å²) in [5.41, 5.74) is 5.16. The third kappa shape index (κ3) is 6.52. The van der Waals surface area contributed by atoms with Gasteiger partial charge in [-0.05, 0) is 35.9 Å². The van der Waals surface area contributed by atoms with E-state index in [1.165, 1.54) is 4.88 Å². The quantitative estimate of drug-likeness (QED) is 0.335. The maximum atomic E-state index is 11.0. The van der Waals surface area contributed by atoms with E-state index in [1.807, 2.05) is 0 Å². The molecule has 132 valence electrons. The molecule has 0 aliphatic rings. The van der Waals surface area contributed by atoms with Crippen molar-refractivity contribution in [2.45, 2.75) is 19.9 Å². The maximum Gasteiger partial charge on any atom is 0.284 e. The fourth-order valence-corrected chi connectivity index (χ4v) is 2.98. The highest BCUT2D eigenvalue weighted by atomic mass is 127. The summed E-state index contributed by atoms with van der Waals surface area (Å²) in [4.78, 5) is 16.6. The van der Waals surface area contributed by atoms with Crippen molar-refractivity contribution < 1.29 is 9.21 Å². The van der Waals surface area contributed by atoms with Gasteiger partial charge < -0.3 is 20.8 Å². The van der Waals surface area contributed by atoms with Crippen LogP contribution in [0.5, 0.6) is 0 Å². The lowest BCUT2D eigenvalue weighted by atomic mass is 10.1. The number of nitrogens with one attached hydrogen (secondary N) is 2. The molecule has 4 N–H and O–H groups in total. The number of guanidine groups is 1. The number of hydrogen-bond acceptors (Lipinski definition) is 4. The summed E-state index contributed by atoms with van der Waals surface area (Å²) in [5.74, 6) is 1.42. The number of rotatable bonds is 7. The molecule has 24 heavy (non-hydrogen) atoms. The molecule has 1 atom stereocenters. The molecule has 1 unspecified atom stereocenters. The predicted molar refractivity (Wildman–Crippen MR) is 108 cm³/mol. The number of primary amides is 1. The van der Waals surface area contributed by atoms with Gasteiger partial charge in [0, 0.05) is 18.5 Å². The Morgan fingerprint density at radius 1 is 1.38 bits per heavy atom. The van der Waals surface area contributed by atoms with Crippen LogP contribution in [0.3, 0.4) is 0 Å². The number of halogens is 1. The van der Waals surface area contributed by atoms with Gasteiger partial charge in [0.1, 0.15) is 5.76 Å². The molecule has 0 fully saturated rings. The van der Waals surface area contributed by atoms with E-state index in [1.54, 1.807) is 30.5 Å². The molecule has 0 radical (unpaired) electrons. The Balaban J connectivity index is 0.00000288. The van der Waals surface area contributed by atoms with E-state index in [9.17, 15) is 4.79 Å². The second-order valence-corrected chi connectivity index (χ2v) is 6.36. The first kappa shape index (κ1) is 20.5. The lowest BCUT2D eigenvalue weighted by Gasteiger charge is -2.15. The van der Waals surface area contributed by atoms with Crippen molar-refractivity contribution in [1.82, 2.24) is 10.6 Å². The molecule has 0 spiro atoms. The van der Waals surface area contributed by atoms with Crippen molar-refractivity contribution in [3.05, 3.63) is 46.0 Å². The summed E-state index contributed by atoms with van der Waals surface area (Å²) in [6.07, 6.45) is 1.04. The van der Waals surface area contributed by atoms with Crippen molar-refractivity contribution in [2.24, 2.45) is 16.6 Å². The molecule has 0 aromatic carbocycles. The van der Waals surface area contributed by atoms with E-state index in [0.29, 0.717) is 24.2 Å². The van der Waals surface area contributed by atoms with E-state index in [4.69, 9.17) is 10.2 Å². The Morgan fingerprint density at radius 2 is 2.17 bits per heavy atom. The summed E-state index contributed by atoms with van der Waals surface area (Å²) in [6, 6.07) is 7.52. The fourth-order valence-electron chi connectivity index (χ4n) is 2.11. The van der Waals surface area contributed by atoms with Crippen molar-refractivity contribution in [1.29, 1.82) is 0 Å². The highest BCUT2D eigenvalue weighted by Crippen LogP contribution is 2.13. The van der Waals surface area contributed by atoms with Gasteiger partial charge in [0.2, 0.25) is 0 Å². The molecule has 0 bridgehead atoms. The zero-order valence-electron chi connectivity index (χ0n) is 13.7. The van der Waals surface area contributed by atoms with Crippen LogP contribution >= 0.6 is 35.3 Å². The first-order chi connectivity index (χ1) is 11.1. The number of furan rings is 1.